The number of anilines is 2. The number of hydrogen-bond acceptors (Lipinski definition) is 3. The van der Waals surface area contributed by atoms with Gasteiger partial charge in [0.15, 0.2) is 0 Å². The van der Waals surface area contributed by atoms with E-state index in [-0.39, 0.29) is 11.8 Å². The lowest BCUT2D eigenvalue weighted by Crippen LogP contribution is -2.48. The third-order valence-electron chi connectivity index (χ3n) is 6.09. The lowest BCUT2D eigenvalue weighted by molar-refractivity contribution is 0.0746. The Hall–Kier alpha value is -4.12. The van der Waals surface area contributed by atoms with Crippen LogP contribution in [0.25, 0.3) is 10.8 Å². The number of nitrogens with one attached hydrogen (secondary N) is 1. The second-order valence-electron chi connectivity index (χ2n) is 8.21. The Kier molecular flexibility index (Phi) is 5.77. The first kappa shape index (κ1) is 20.8. The molecule has 0 aliphatic carbocycles. The van der Waals surface area contributed by atoms with Crippen LogP contribution < -0.4 is 10.2 Å². The van der Waals surface area contributed by atoms with Gasteiger partial charge in [-0.2, -0.15) is 0 Å². The van der Waals surface area contributed by atoms with Gasteiger partial charge in [0.05, 0.1) is 0 Å². The van der Waals surface area contributed by atoms with Crippen molar-refractivity contribution >= 4 is 34.0 Å². The van der Waals surface area contributed by atoms with Gasteiger partial charge in [-0.3, -0.25) is 9.59 Å². The van der Waals surface area contributed by atoms with E-state index in [4.69, 9.17) is 0 Å². The standard InChI is InChI=1S/C28H25N3O2/c32-27(22-7-2-1-3-8-22)29-25-12-14-26(15-13-25)30-16-18-31(19-17-30)28(33)24-11-10-21-6-4-5-9-23(21)20-24/h1-15,20H,16-19H2,(H,29,32). The highest BCUT2D eigenvalue weighted by atomic mass is 16.2. The fraction of sp³-hybridized carbons (Fsp3) is 0.143. The minimum atomic E-state index is -0.121. The van der Waals surface area contributed by atoms with Gasteiger partial charge in [0, 0.05) is 48.7 Å². The number of amides is 2. The summed E-state index contributed by atoms with van der Waals surface area (Å²) < 4.78 is 0. The van der Waals surface area contributed by atoms with Gasteiger partial charge in [-0.1, -0.05) is 48.5 Å². The van der Waals surface area contributed by atoms with Crippen LogP contribution in [-0.4, -0.2) is 42.9 Å². The highest BCUT2D eigenvalue weighted by molar-refractivity contribution is 6.04. The van der Waals surface area contributed by atoms with Crippen LogP contribution in [0, 0.1) is 0 Å². The molecule has 33 heavy (non-hydrogen) atoms. The first-order valence-electron chi connectivity index (χ1n) is 11.2. The van der Waals surface area contributed by atoms with Crippen LogP contribution in [0.5, 0.6) is 0 Å². The molecule has 5 nitrogen and oxygen atoms in total. The van der Waals surface area contributed by atoms with Crippen LogP contribution in [0.3, 0.4) is 0 Å². The summed E-state index contributed by atoms with van der Waals surface area (Å²) in [4.78, 5) is 29.5. The van der Waals surface area contributed by atoms with E-state index < -0.39 is 0 Å². The van der Waals surface area contributed by atoms with Crippen LogP contribution in [0.2, 0.25) is 0 Å². The Morgan fingerprint density at radius 1 is 0.636 bits per heavy atom. The molecule has 0 bridgehead atoms. The van der Waals surface area contributed by atoms with Gasteiger partial charge < -0.3 is 15.1 Å². The van der Waals surface area contributed by atoms with Gasteiger partial charge in [0.1, 0.15) is 0 Å². The molecular weight excluding hydrogens is 410 g/mol. The first-order valence-corrected chi connectivity index (χ1v) is 11.2. The molecule has 2 amide bonds. The van der Waals surface area contributed by atoms with Gasteiger partial charge in [0.2, 0.25) is 0 Å². The second-order valence-corrected chi connectivity index (χ2v) is 8.21. The zero-order valence-corrected chi connectivity index (χ0v) is 18.3. The molecule has 4 aromatic rings. The fourth-order valence-corrected chi connectivity index (χ4v) is 4.22. The van der Waals surface area contributed by atoms with E-state index in [0.29, 0.717) is 18.7 Å². The number of benzene rings is 4. The maximum absolute atomic E-state index is 13.0. The minimum Gasteiger partial charge on any atom is -0.368 e. The Morgan fingerprint density at radius 2 is 1.30 bits per heavy atom. The molecule has 1 fully saturated rings. The average molecular weight is 436 g/mol. The summed E-state index contributed by atoms with van der Waals surface area (Å²) in [5.41, 5.74) is 3.22. The summed E-state index contributed by atoms with van der Waals surface area (Å²) in [6.45, 7) is 2.90. The Balaban J connectivity index is 1.19. The summed E-state index contributed by atoms with van der Waals surface area (Å²) in [6, 6.07) is 31.0. The van der Waals surface area contributed by atoms with E-state index in [1.54, 1.807) is 12.1 Å². The predicted molar refractivity (Wildman–Crippen MR) is 133 cm³/mol. The highest BCUT2D eigenvalue weighted by Crippen LogP contribution is 2.22. The van der Waals surface area contributed by atoms with Gasteiger partial charge in [-0.25, -0.2) is 0 Å². The molecule has 0 saturated carbocycles. The molecule has 1 saturated heterocycles. The lowest BCUT2D eigenvalue weighted by Gasteiger charge is -2.36. The van der Waals surface area contributed by atoms with Crippen molar-refractivity contribution in [1.29, 1.82) is 0 Å². The molecule has 0 radical (unpaired) electrons. The van der Waals surface area contributed by atoms with E-state index >= 15 is 0 Å². The highest BCUT2D eigenvalue weighted by Gasteiger charge is 2.22. The van der Waals surface area contributed by atoms with Gasteiger partial charge in [0.25, 0.3) is 11.8 Å². The van der Waals surface area contributed by atoms with Crippen LogP contribution in [-0.2, 0) is 0 Å². The maximum Gasteiger partial charge on any atom is 0.255 e. The van der Waals surface area contributed by atoms with Crippen molar-refractivity contribution in [2.24, 2.45) is 0 Å². The Morgan fingerprint density at radius 3 is 2.03 bits per heavy atom. The molecule has 5 rings (SSSR count). The second kappa shape index (κ2) is 9.17. The number of carbonyl (C=O) groups excluding carboxylic acids is 2. The van der Waals surface area contributed by atoms with Gasteiger partial charge in [-0.05, 0) is 59.3 Å². The SMILES string of the molecule is O=C(Nc1ccc(N2CCN(C(=O)c3ccc4ccccc4c3)CC2)cc1)c1ccccc1. The molecule has 1 aliphatic heterocycles. The normalized spacial score (nSPS) is 13.7. The summed E-state index contributed by atoms with van der Waals surface area (Å²) in [5.74, 6) is -0.0384. The summed E-state index contributed by atoms with van der Waals surface area (Å²) in [7, 11) is 0. The zero-order chi connectivity index (χ0) is 22.6. The molecule has 1 aliphatic rings. The van der Waals surface area contributed by atoms with E-state index in [0.717, 1.165) is 40.8 Å². The van der Waals surface area contributed by atoms with Crippen LogP contribution in [0.15, 0.2) is 97.1 Å². The van der Waals surface area contributed by atoms with Crippen molar-refractivity contribution in [2.75, 3.05) is 36.4 Å². The molecule has 0 aromatic heterocycles. The van der Waals surface area contributed by atoms with Crippen molar-refractivity contribution in [3.05, 3.63) is 108 Å². The average Bonchev–Trinajstić information content (AvgIpc) is 2.89. The largest absolute Gasteiger partial charge is 0.368 e. The van der Waals surface area contributed by atoms with E-state index in [9.17, 15) is 9.59 Å². The smallest absolute Gasteiger partial charge is 0.255 e. The molecule has 0 spiro atoms. The number of nitrogens with zero attached hydrogens (tertiary/aromatic N) is 2. The molecular formula is C28H25N3O2. The predicted octanol–water partition coefficient (Wildman–Crippen LogP) is 5.05. The monoisotopic (exact) mass is 435 g/mol. The van der Waals surface area contributed by atoms with Crippen LogP contribution in [0.4, 0.5) is 11.4 Å². The van der Waals surface area contributed by atoms with Crippen LogP contribution >= 0.6 is 0 Å². The third kappa shape index (κ3) is 4.58. The summed E-state index contributed by atoms with van der Waals surface area (Å²) >= 11 is 0. The van der Waals surface area contributed by atoms with E-state index in [1.165, 1.54) is 0 Å². The van der Waals surface area contributed by atoms with Crippen molar-refractivity contribution in [3.8, 4) is 0 Å². The number of fused-ring (bicyclic) bond motifs is 1. The number of piperazine rings is 1. The Bertz CT molecular complexity index is 1280. The molecule has 4 aromatic carbocycles. The number of carbonyl (C=O) groups is 2. The van der Waals surface area contributed by atoms with Crippen molar-refractivity contribution in [3.63, 3.8) is 0 Å². The van der Waals surface area contributed by atoms with E-state index in [1.807, 2.05) is 83.8 Å². The molecule has 0 atom stereocenters. The Labute approximate surface area is 193 Å². The number of hydrogen-bond donors (Lipinski definition) is 1. The van der Waals surface area contributed by atoms with Crippen molar-refractivity contribution in [1.82, 2.24) is 4.90 Å². The quantitative estimate of drug-likeness (QED) is 0.488. The molecule has 164 valence electrons. The maximum atomic E-state index is 13.0. The summed E-state index contributed by atoms with van der Waals surface area (Å²) in [6.07, 6.45) is 0. The third-order valence-corrected chi connectivity index (χ3v) is 6.09. The molecule has 0 unspecified atom stereocenters. The first-order chi connectivity index (χ1) is 16.2. The van der Waals surface area contributed by atoms with Gasteiger partial charge in [-0.15, -0.1) is 0 Å². The topological polar surface area (TPSA) is 52.7 Å². The molecule has 1 N–H and O–H groups in total. The van der Waals surface area contributed by atoms with Crippen LogP contribution in [0.1, 0.15) is 20.7 Å². The lowest BCUT2D eigenvalue weighted by atomic mass is 10.1. The molecule has 5 heteroatoms. The summed E-state index contributed by atoms with van der Waals surface area (Å²) in [5, 5.41) is 5.16. The van der Waals surface area contributed by atoms with Gasteiger partial charge >= 0.3 is 0 Å². The minimum absolute atomic E-state index is 0.0828. The van der Waals surface area contributed by atoms with E-state index in [2.05, 4.69) is 16.3 Å². The fourth-order valence-electron chi connectivity index (χ4n) is 4.22. The zero-order valence-electron chi connectivity index (χ0n) is 18.3. The van der Waals surface area contributed by atoms with Crippen molar-refractivity contribution < 1.29 is 9.59 Å². The molecule has 1 heterocycles. The number of rotatable bonds is 4. The van der Waals surface area contributed by atoms with Crippen molar-refractivity contribution in [2.45, 2.75) is 0 Å².